The van der Waals surface area contributed by atoms with Crippen LogP contribution in [0.15, 0.2) is 11.6 Å². The fraction of sp³-hybridized carbons (Fsp3) is 0.700. The van der Waals surface area contributed by atoms with Gasteiger partial charge in [-0.2, -0.15) is 5.26 Å². The lowest BCUT2D eigenvalue weighted by atomic mass is 10.1. The van der Waals surface area contributed by atoms with Gasteiger partial charge in [-0.3, -0.25) is 4.90 Å². The van der Waals surface area contributed by atoms with Gasteiger partial charge in [0, 0.05) is 25.2 Å². The highest BCUT2D eigenvalue weighted by Crippen LogP contribution is 2.10. The topological polar surface area (TPSA) is 47.3 Å². The van der Waals surface area contributed by atoms with E-state index in [1.54, 1.807) is 0 Å². The van der Waals surface area contributed by atoms with E-state index in [1.165, 1.54) is 0 Å². The smallest absolute Gasteiger partial charge is 0.0944 e. The molecule has 3 nitrogen and oxygen atoms in total. The summed E-state index contributed by atoms with van der Waals surface area (Å²) in [4.78, 5) is 2.18. The lowest BCUT2D eigenvalue weighted by Gasteiger charge is -2.26. The van der Waals surface area contributed by atoms with E-state index in [0.717, 1.165) is 38.0 Å². The molecule has 1 aliphatic heterocycles. The Morgan fingerprint density at radius 1 is 1.77 bits per heavy atom. The Morgan fingerprint density at radius 2 is 2.54 bits per heavy atom. The van der Waals surface area contributed by atoms with Crippen molar-refractivity contribution in [3.05, 3.63) is 11.6 Å². The summed E-state index contributed by atoms with van der Waals surface area (Å²) in [5, 5.41) is 18.0. The van der Waals surface area contributed by atoms with Gasteiger partial charge in [0.15, 0.2) is 0 Å². The Kier molecular flexibility index (Phi) is 3.94. The standard InChI is InChI=1S/C10H16N2O/c1-2-10(13)8-12-5-3-9(7-11)4-6-12/h3,10,13H,2,4-6,8H2,1H3/t10-/m1/s1. The molecule has 0 amide bonds. The number of nitrogens with zero attached hydrogens (tertiary/aromatic N) is 2. The van der Waals surface area contributed by atoms with Crippen LogP contribution in [0.25, 0.3) is 0 Å². The molecule has 0 saturated carbocycles. The summed E-state index contributed by atoms with van der Waals surface area (Å²) in [6.07, 6.45) is 3.35. The maximum atomic E-state index is 9.41. The highest BCUT2D eigenvalue weighted by molar-refractivity contribution is 5.22. The molecule has 1 aliphatic rings. The SMILES string of the molecule is CC[C@@H](O)CN1CC=C(C#N)CC1. The molecule has 72 valence electrons. The van der Waals surface area contributed by atoms with Crippen molar-refractivity contribution in [2.24, 2.45) is 0 Å². The predicted octanol–water partition coefficient (Wildman–Crippen LogP) is 0.913. The molecule has 0 aromatic carbocycles. The van der Waals surface area contributed by atoms with E-state index in [-0.39, 0.29) is 6.10 Å². The van der Waals surface area contributed by atoms with Gasteiger partial charge in [-0.05, 0) is 12.8 Å². The molecule has 1 N–H and O–H groups in total. The normalized spacial score (nSPS) is 20.5. The molecule has 3 heteroatoms. The Bertz CT molecular complexity index is 230. The molecule has 0 spiro atoms. The Balaban J connectivity index is 2.34. The Labute approximate surface area is 79.3 Å². The zero-order valence-corrected chi connectivity index (χ0v) is 8.03. The van der Waals surface area contributed by atoms with Crippen LogP contribution < -0.4 is 0 Å². The average molecular weight is 180 g/mol. The van der Waals surface area contributed by atoms with Gasteiger partial charge in [0.25, 0.3) is 0 Å². The fourth-order valence-corrected chi connectivity index (χ4v) is 1.41. The van der Waals surface area contributed by atoms with Crippen molar-refractivity contribution in [1.82, 2.24) is 4.90 Å². The van der Waals surface area contributed by atoms with Gasteiger partial charge in [0.1, 0.15) is 0 Å². The van der Waals surface area contributed by atoms with E-state index in [0.29, 0.717) is 0 Å². The minimum atomic E-state index is -0.225. The van der Waals surface area contributed by atoms with E-state index < -0.39 is 0 Å². The molecule has 0 aromatic rings. The average Bonchev–Trinajstić information content (AvgIpc) is 2.19. The van der Waals surface area contributed by atoms with Crippen molar-refractivity contribution in [3.8, 4) is 6.07 Å². The number of rotatable bonds is 3. The van der Waals surface area contributed by atoms with Gasteiger partial charge in [-0.1, -0.05) is 13.0 Å². The van der Waals surface area contributed by atoms with E-state index in [9.17, 15) is 5.11 Å². The minimum absolute atomic E-state index is 0.225. The highest BCUT2D eigenvalue weighted by Gasteiger charge is 2.13. The first-order valence-electron chi connectivity index (χ1n) is 4.75. The predicted molar refractivity (Wildman–Crippen MR) is 51.1 cm³/mol. The van der Waals surface area contributed by atoms with E-state index in [4.69, 9.17) is 5.26 Å². The second kappa shape index (κ2) is 5.00. The summed E-state index contributed by atoms with van der Waals surface area (Å²) in [6.45, 7) is 4.41. The largest absolute Gasteiger partial charge is 0.392 e. The summed E-state index contributed by atoms with van der Waals surface area (Å²) >= 11 is 0. The molecule has 1 heterocycles. The summed E-state index contributed by atoms with van der Waals surface area (Å²) in [5.41, 5.74) is 0.877. The van der Waals surface area contributed by atoms with Crippen LogP contribution >= 0.6 is 0 Å². The van der Waals surface area contributed by atoms with Crippen molar-refractivity contribution in [2.45, 2.75) is 25.9 Å². The number of hydrogen-bond donors (Lipinski definition) is 1. The first-order valence-corrected chi connectivity index (χ1v) is 4.75. The Morgan fingerprint density at radius 3 is 3.00 bits per heavy atom. The molecule has 0 aromatic heterocycles. The molecular formula is C10H16N2O. The van der Waals surface area contributed by atoms with Crippen LogP contribution in [0.4, 0.5) is 0 Å². The second-order valence-electron chi connectivity index (χ2n) is 3.41. The van der Waals surface area contributed by atoms with E-state index in [2.05, 4.69) is 11.0 Å². The molecule has 0 radical (unpaired) electrons. The number of nitriles is 1. The minimum Gasteiger partial charge on any atom is -0.392 e. The summed E-state index contributed by atoms with van der Waals surface area (Å²) in [7, 11) is 0. The van der Waals surface area contributed by atoms with E-state index >= 15 is 0 Å². The van der Waals surface area contributed by atoms with Crippen molar-refractivity contribution in [2.75, 3.05) is 19.6 Å². The summed E-state index contributed by atoms with van der Waals surface area (Å²) in [5.74, 6) is 0. The van der Waals surface area contributed by atoms with Crippen molar-refractivity contribution >= 4 is 0 Å². The van der Waals surface area contributed by atoms with Crippen LogP contribution in [0, 0.1) is 11.3 Å². The van der Waals surface area contributed by atoms with Gasteiger partial charge in [-0.15, -0.1) is 0 Å². The van der Waals surface area contributed by atoms with Crippen LogP contribution in [0.3, 0.4) is 0 Å². The van der Waals surface area contributed by atoms with Crippen molar-refractivity contribution < 1.29 is 5.11 Å². The van der Waals surface area contributed by atoms with Crippen LogP contribution in [0.1, 0.15) is 19.8 Å². The fourth-order valence-electron chi connectivity index (χ4n) is 1.41. The second-order valence-corrected chi connectivity index (χ2v) is 3.41. The quantitative estimate of drug-likeness (QED) is 0.702. The molecule has 0 bridgehead atoms. The molecule has 0 aliphatic carbocycles. The van der Waals surface area contributed by atoms with E-state index in [1.807, 2.05) is 13.0 Å². The lowest BCUT2D eigenvalue weighted by molar-refractivity contribution is 0.114. The van der Waals surface area contributed by atoms with Crippen LogP contribution in [-0.4, -0.2) is 35.7 Å². The van der Waals surface area contributed by atoms with Crippen molar-refractivity contribution in [1.29, 1.82) is 5.26 Å². The number of β-amino-alcohol motifs (C(OH)–C–C–N with tert-alkyl or cyclic N) is 1. The monoisotopic (exact) mass is 180 g/mol. The third-order valence-electron chi connectivity index (χ3n) is 2.38. The zero-order valence-electron chi connectivity index (χ0n) is 8.03. The summed E-state index contributed by atoms with van der Waals surface area (Å²) in [6, 6.07) is 2.16. The first kappa shape index (κ1) is 10.2. The molecule has 0 unspecified atom stereocenters. The highest BCUT2D eigenvalue weighted by atomic mass is 16.3. The zero-order chi connectivity index (χ0) is 9.68. The van der Waals surface area contributed by atoms with Gasteiger partial charge >= 0.3 is 0 Å². The Hall–Kier alpha value is -0.850. The third-order valence-corrected chi connectivity index (χ3v) is 2.38. The number of aliphatic hydroxyl groups excluding tert-OH is 1. The summed E-state index contributed by atoms with van der Waals surface area (Å²) < 4.78 is 0. The van der Waals surface area contributed by atoms with Crippen LogP contribution in [-0.2, 0) is 0 Å². The molecule has 1 atom stereocenters. The number of hydrogen-bond acceptors (Lipinski definition) is 3. The van der Waals surface area contributed by atoms with Gasteiger partial charge < -0.3 is 5.11 Å². The molecule has 1 rings (SSSR count). The molecule has 13 heavy (non-hydrogen) atoms. The molecular weight excluding hydrogens is 164 g/mol. The van der Waals surface area contributed by atoms with Gasteiger partial charge in [0.2, 0.25) is 0 Å². The van der Waals surface area contributed by atoms with Crippen LogP contribution in [0.2, 0.25) is 0 Å². The van der Waals surface area contributed by atoms with Crippen molar-refractivity contribution in [3.63, 3.8) is 0 Å². The third kappa shape index (κ3) is 3.17. The first-order chi connectivity index (χ1) is 6.26. The number of aliphatic hydroxyl groups is 1. The van der Waals surface area contributed by atoms with Crippen LogP contribution in [0.5, 0.6) is 0 Å². The maximum absolute atomic E-state index is 9.41. The van der Waals surface area contributed by atoms with Gasteiger partial charge in [0.05, 0.1) is 12.2 Å². The van der Waals surface area contributed by atoms with Gasteiger partial charge in [-0.25, -0.2) is 0 Å². The lowest BCUT2D eigenvalue weighted by Crippen LogP contribution is -2.35. The molecule has 0 saturated heterocycles. The maximum Gasteiger partial charge on any atom is 0.0944 e. The molecule has 0 fully saturated rings.